The highest BCUT2D eigenvalue weighted by Gasteiger charge is 2.17. The summed E-state index contributed by atoms with van der Waals surface area (Å²) in [5.41, 5.74) is 7.25. The molecule has 1 atom stereocenters. The molecule has 1 aliphatic rings. The number of rotatable bonds is 3. The second kappa shape index (κ2) is 8.74. The maximum Gasteiger partial charge on any atom is 0.191 e. The Morgan fingerprint density at radius 1 is 1.53 bits per heavy atom. The van der Waals surface area contributed by atoms with Gasteiger partial charge in [-0.15, -0.1) is 24.0 Å². The van der Waals surface area contributed by atoms with Crippen molar-refractivity contribution in [1.29, 1.82) is 0 Å². The molecule has 1 aliphatic heterocycles. The van der Waals surface area contributed by atoms with E-state index in [1.807, 2.05) is 0 Å². The number of hydrogen-bond acceptors (Lipinski definition) is 2. The Morgan fingerprint density at radius 3 is 2.82 bits per heavy atom. The van der Waals surface area contributed by atoms with Crippen molar-refractivity contribution in [3.8, 4) is 0 Å². The van der Waals surface area contributed by atoms with Crippen LogP contribution in [0.1, 0.15) is 27.2 Å². The number of morpholine rings is 1. The van der Waals surface area contributed by atoms with Gasteiger partial charge in [0.1, 0.15) is 0 Å². The molecule has 0 saturated carbocycles. The van der Waals surface area contributed by atoms with Crippen LogP contribution < -0.4 is 5.73 Å². The molecule has 1 unspecified atom stereocenters. The fourth-order valence-electron chi connectivity index (χ4n) is 1.66. The van der Waals surface area contributed by atoms with Crippen LogP contribution in [-0.2, 0) is 4.74 Å². The summed E-state index contributed by atoms with van der Waals surface area (Å²) in [6, 6.07) is 0. The lowest BCUT2D eigenvalue weighted by molar-refractivity contribution is 0.00530. The van der Waals surface area contributed by atoms with Gasteiger partial charge in [-0.3, -0.25) is 4.99 Å². The van der Waals surface area contributed by atoms with Crippen molar-refractivity contribution < 1.29 is 4.74 Å². The van der Waals surface area contributed by atoms with Crippen LogP contribution in [-0.4, -0.2) is 43.2 Å². The van der Waals surface area contributed by atoms with E-state index < -0.39 is 0 Å². The summed E-state index contributed by atoms with van der Waals surface area (Å²) in [6.45, 7) is 9.45. The fourth-order valence-corrected chi connectivity index (χ4v) is 1.66. The average molecular weight is 353 g/mol. The number of guanidine groups is 1. The van der Waals surface area contributed by atoms with Crippen molar-refractivity contribution in [3.05, 3.63) is 11.6 Å². The molecule has 1 heterocycles. The molecule has 1 fully saturated rings. The highest BCUT2D eigenvalue weighted by atomic mass is 127. The first-order chi connectivity index (χ1) is 7.59. The van der Waals surface area contributed by atoms with E-state index in [-0.39, 0.29) is 30.1 Å². The lowest BCUT2D eigenvalue weighted by Crippen LogP contribution is -2.47. The van der Waals surface area contributed by atoms with Gasteiger partial charge >= 0.3 is 0 Å². The number of aliphatic imine (C=N–C) groups is 1. The maximum absolute atomic E-state index is 5.93. The molecule has 0 spiro atoms. The Labute approximate surface area is 121 Å². The Morgan fingerprint density at radius 2 is 2.24 bits per heavy atom. The Balaban J connectivity index is 0.00000256. The zero-order valence-corrected chi connectivity index (χ0v) is 13.3. The Kier molecular flexibility index (Phi) is 8.59. The van der Waals surface area contributed by atoms with Crippen LogP contribution in [0.2, 0.25) is 0 Å². The molecule has 0 radical (unpaired) electrons. The predicted octanol–water partition coefficient (Wildman–Crippen LogP) is 2.00. The minimum Gasteiger partial charge on any atom is -0.375 e. The molecule has 1 saturated heterocycles. The Bertz CT molecular complexity index is 275. The van der Waals surface area contributed by atoms with Crippen molar-refractivity contribution >= 4 is 29.9 Å². The molecule has 100 valence electrons. The topological polar surface area (TPSA) is 50.8 Å². The number of nitrogens with two attached hydrogens (primary N) is 1. The third kappa shape index (κ3) is 6.88. The van der Waals surface area contributed by atoms with E-state index in [4.69, 9.17) is 10.5 Å². The van der Waals surface area contributed by atoms with Gasteiger partial charge in [0.25, 0.3) is 0 Å². The van der Waals surface area contributed by atoms with Gasteiger partial charge in [-0.2, -0.15) is 0 Å². The molecule has 5 heteroatoms. The minimum atomic E-state index is 0. The SMILES string of the molecule is CC(C)=CCCN=C(N)N1CCOC(C)C1.I. The fraction of sp³-hybridized carbons (Fsp3) is 0.750. The van der Waals surface area contributed by atoms with Crippen molar-refractivity contribution in [3.63, 3.8) is 0 Å². The van der Waals surface area contributed by atoms with Crippen LogP contribution in [0.25, 0.3) is 0 Å². The second-order valence-electron chi connectivity index (χ2n) is 4.44. The van der Waals surface area contributed by atoms with Gasteiger partial charge in [0.2, 0.25) is 0 Å². The van der Waals surface area contributed by atoms with Gasteiger partial charge in [0.15, 0.2) is 5.96 Å². The average Bonchev–Trinajstić information content (AvgIpc) is 2.24. The van der Waals surface area contributed by atoms with Gasteiger partial charge in [-0.25, -0.2) is 0 Å². The van der Waals surface area contributed by atoms with Gasteiger partial charge in [0.05, 0.1) is 12.7 Å². The first-order valence-corrected chi connectivity index (χ1v) is 5.89. The van der Waals surface area contributed by atoms with E-state index in [0.717, 1.165) is 32.7 Å². The molecule has 1 rings (SSSR count). The zero-order chi connectivity index (χ0) is 12.0. The molecule has 0 aromatic rings. The first kappa shape index (κ1) is 16.7. The number of hydrogen-bond donors (Lipinski definition) is 1. The smallest absolute Gasteiger partial charge is 0.191 e. The molecular weight excluding hydrogens is 329 g/mol. The van der Waals surface area contributed by atoms with E-state index in [1.165, 1.54) is 5.57 Å². The van der Waals surface area contributed by atoms with E-state index in [9.17, 15) is 0 Å². The largest absolute Gasteiger partial charge is 0.375 e. The summed E-state index contributed by atoms with van der Waals surface area (Å²) in [7, 11) is 0. The van der Waals surface area contributed by atoms with Crippen LogP contribution in [0.3, 0.4) is 0 Å². The molecular formula is C12H24IN3O. The normalized spacial score (nSPS) is 20.8. The predicted molar refractivity (Wildman–Crippen MR) is 82.9 cm³/mol. The van der Waals surface area contributed by atoms with E-state index in [1.54, 1.807) is 0 Å². The molecule has 0 aromatic heterocycles. The Hall–Kier alpha value is -0.300. The van der Waals surface area contributed by atoms with Crippen LogP contribution in [0, 0.1) is 0 Å². The molecule has 2 N–H and O–H groups in total. The molecule has 0 bridgehead atoms. The van der Waals surface area contributed by atoms with Crippen LogP contribution in [0.15, 0.2) is 16.6 Å². The summed E-state index contributed by atoms with van der Waals surface area (Å²) in [6.07, 6.45) is 3.39. The summed E-state index contributed by atoms with van der Waals surface area (Å²) < 4.78 is 5.45. The summed E-state index contributed by atoms with van der Waals surface area (Å²) >= 11 is 0. The summed E-state index contributed by atoms with van der Waals surface area (Å²) in [5, 5.41) is 0. The van der Waals surface area contributed by atoms with Crippen LogP contribution >= 0.6 is 24.0 Å². The van der Waals surface area contributed by atoms with E-state index in [0.29, 0.717) is 5.96 Å². The third-order valence-electron chi connectivity index (χ3n) is 2.52. The second-order valence-corrected chi connectivity index (χ2v) is 4.44. The molecule has 17 heavy (non-hydrogen) atoms. The highest BCUT2D eigenvalue weighted by Crippen LogP contribution is 2.03. The lowest BCUT2D eigenvalue weighted by Gasteiger charge is -2.31. The van der Waals surface area contributed by atoms with Gasteiger partial charge < -0.3 is 15.4 Å². The van der Waals surface area contributed by atoms with Crippen molar-refractivity contribution in [2.45, 2.75) is 33.3 Å². The maximum atomic E-state index is 5.93. The van der Waals surface area contributed by atoms with E-state index in [2.05, 4.69) is 36.7 Å². The monoisotopic (exact) mass is 353 g/mol. The summed E-state index contributed by atoms with van der Waals surface area (Å²) in [4.78, 5) is 6.47. The third-order valence-corrected chi connectivity index (χ3v) is 2.52. The van der Waals surface area contributed by atoms with Crippen molar-refractivity contribution in [2.75, 3.05) is 26.2 Å². The summed E-state index contributed by atoms with van der Waals surface area (Å²) in [5.74, 6) is 0.650. The van der Waals surface area contributed by atoms with E-state index >= 15 is 0 Å². The number of nitrogens with zero attached hydrogens (tertiary/aromatic N) is 2. The minimum absolute atomic E-state index is 0. The van der Waals surface area contributed by atoms with Crippen molar-refractivity contribution in [1.82, 2.24) is 4.90 Å². The number of ether oxygens (including phenoxy) is 1. The molecule has 0 aliphatic carbocycles. The number of allylic oxidation sites excluding steroid dienone is 1. The standard InChI is InChI=1S/C12H23N3O.HI/c1-10(2)5-4-6-14-12(13)15-7-8-16-11(3)9-15;/h5,11H,4,6-9H2,1-3H3,(H2,13,14);1H. The van der Waals surface area contributed by atoms with Crippen LogP contribution in [0.4, 0.5) is 0 Å². The first-order valence-electron chi connectivity index (χ1n) is 5.89. The van der Waals surface area contributed by atoms with Gasteiger partial charge in [0, 0.05) is 19.6 Å². The van der Waals surface area contributed by atoms with Crippen LogP contribution in [0.5, 0.6) is 0 Å². The van der Waals surface area contributed by atoms with Gasteiger partial charge in [-0.1, -0.05) is 11.6 Å². The van der Waals surface area contributed by atoms with Gasteiger partial charge in [-0.05, 0) is 27.2 Å². The number of halogens is 1. The highest BCUT2D eigenvalue weighted by molar-refractivity contribution is 14.0. The zero-order valence-electron chi connectivity index (χ0n) is 11.0. The molecule has 0 amide bonds. The molecule has 4 nitrogen and oxygen atoms in total. The van der Waals surface area contributed by atoms with Crippen molar-refractivity contribution in [2.24, 2.45) is 10.7 Å². The molecule has 0 aromatic carbocycles. The lowest BCUT2D eigenvalue weighted by atomic mass is 10.3. The quantitative estimate of drug-likeness (QED) is 0.278.